The van der Waals surface area contributed by atoms with Crippen LogP contribution in [-0.4, -0.2) is 5.11 Å². The molecule has 28 heavy (non-hydrogen) atoms. The Bertz CT molecular complexity index is 806. The number of anilines is 2. The smallest absolute Gasteiger partial charge is 0.142 e. The molecular formula is C26H39NO. The van der Waals surface area contributed by atoms with Crippen LogP contribution in [-0.2, 0) is 10.8 Å². The molecule has 0 atom stereocenters. The maximum absolute atomic E-state index is 11.2. The van der Waals surface area contributed by atoms with Gasteiger partial charge < -0.3 is 10.4 Å². The molecule has 2 N–H and O–H groups in total. The summed E-state index contributed by atoms with van der Waals surface area (Å²) in [6.45, 7) is 22.0. The zero-order valence-electron chi connectivity index (χ0n) is 19.5. The van der Waals surface area contributed by atoms with Gasteiger partial charge in [-0.15, -0.1) is 0 Å². The van der Waals surface area contributed by atoms with Crippen molar-refractivity contribution in [1.29, 1.82) is 0 Å². The summed E-state index contributed by atoms with van der Waals surface area (Å²) in [4.78, 5) is 0. The number of aromatic hydroxyl groups is 1. The van der Waals surface area contributed by atoms with Gasteiger partial charge in [0.25, 0.3) is 0 Å². The van der Waals surface area contributed by atoms with E-state index in [1.54, 1.807) is 0 Å². The lowest BCUT2D eigenvalue weighted by atomic mass is 9.79. The second-order valence-corrected chi connectivity index (χ2v) is 10.7. The summed E-state index contributed by atoms with van der Waals surface area (Å²) >= 11 is 0. The van der Waals surface area contributed by atoms with Gasteiger partial charge in [-0.2, -0.15) is 0 Å². The molecule has 0 saturated heterocycles. The Labute approximate surface area is 172 Å². The van der Waals surface area contributed by atoms with Gasteiger partial charge >= 0.3 is 0 Å². The summed E-state index contributed by atoms with van der Waals surface area (Å²) in [6.07, 6.45) is 0. The molecule has 0 amide bonds. The summed E-state index contributed by atoms with van der Waals surface area (Å²) in [5.74, 6) is 1.15. The number of phenolic OH excluding ortho intramolecular Hbond substituents is 1. The fraction of sp³-hybridized carbons (Fsp3) is 0.538. The topological polar surface area (TPSA) is 32.3 Å². The molecule has 0 aliphatic rings. The highest BCUT2D eigenvalue weighted by molar-refractivity contribution is 5.74. The second-order valence-electron chi connectivity index (χ2n) is 10.7. The molecule has 2 nitrogen and oxygen atoms in total. The number of phenols is 1. The molecule has 0 unspecified atom stereocenters. The maximum Gasteiger partial charge on any atom is 0.142 e. The molecule has 0 aromatic heterocycles. The van der Waals surface area contributed by atoms with Crippen LogP contribution in [0.4, 0.5) is 11.4 Å². The molecular weight excluding hydrogens is 342 g/mol. The lowest BCUT2D eigenvalue weighted by Crippen LogP contribution is -2.17. The SMILES string of the molecule is CC(C)c1cccc(C(C)C)c1Nc1cc(C(C)(C)C)cc(C(C)(C)C)c1O. The average molecular weight is 382 g/mol. The molecule has 2 aromatic carbocycles. The third kappa shape index (κ3) is 4.71. The quantitative estimate of drug-likeness (QED) is 0.526. The summed E-state index contributed by atoms with van der Waals surface area (Å²) in [5, 5.41) is 14.8. The average Bonchev–Trinajstić information content (AvgIpc) is 2.54. The fourth-order valence-electron chi connectivity index (χ4n) is 3.56. The standard InChI is InChI=1S/C26H39NO/c1-16(2)19-12-11-13-20(17(3)4)23(19)27-22-15-18(25(5,6)7)14-21(24(22)28)26(8,9)10/h11-17,27-28H,1-10H3. The second kappa shape index (κ2) is 7.81. The molecule has 0 bridgehead atoms. The van der Waals surface area contributed by atoms with Crippen molar-refractivity contribution in [2.24, 2.45) is 0 Å². The highest BCUT2D eigenvalue weighted by Crippen LogP contribution is 2.43. The normalized spacial score (nSPS) is 12.7. The molecule has 0 saturated carbocycles. The first-order valence-corrected chi connectivity index (χ1v) is 10.5. The summed E-state index contributed by atoms with van der Waals surface area (Å²) in [5.41, 5.74) is 6.57. The summed E-state index contributed by atoms with van der Waals surface area (Å²) in [7, 11) is 0. The van der Waals surface area contributed by atoms with Crippen LogP contribution < -0.4 is 5.32 Å². The van der Waals surface area contributed by atoms with E-state index in [-0.39, 0.29) is 10.8 Å². The molecule has 2 rings (SSSR count). The van der Waals surface area contributed by atoms with Crippen molar-refractivity contribution in [2.45, 2.75) is 91.9 Å². The van der Waals surface area contributed by atoms with Crippen LogP contribution in [0, 0.1) is 0 Å². The van der Waals surface area contributed by atoms with Crippen molar-refractivity contribution >= 4 is 11.4 Å². The van der Waals surface area contributed by atoms with Gasteiger partial charge in [0.1, 0.15) is 5.75 Å². The lowest BCUT2D eigenvalue weighted by molar-refractivity contribution is 0.447. The van der Waals surface area contributed by atoms with E-state index in [1.807, 2.05) is 0 Å². The van der Waals surface area contributed by atoms with Crippen LogP contribution in [0.2, 0.25) is 0 Å². The van der Waals surface area contributed by atoms with Crippen molar-refractivity contribution in [3.63, 3.8) is 0 Å². The van der Waals surface area contributed by atoms with Crippen LogP contribution in [0.15, 0.2) is 30.3 Å². The van der Waals surface area contributed by atoms with Crippen molar-refractivity contribution < 1.29 is 5.11 Å². The Morgan fingerprint density at radius 1 is 0.786 bits per heavy atom. The number of hydrogen-bond donors (Lipinski definition) is 2. The Hall–Kier alpha value is -1.96. The van der Waals surface area contributed by atoms with E-state index in [4.69, 9.17) is 0 Å². The van der Waals surface area contributed by atoms with E-state index < -0.39 is 0 Å². The largest absolute Gasteiger partial charge is 0.505 e. The molecule has 0 heterocycles. The highest BCUT2D eigenvalue weighted by Gasteiger charge is 2.26. The predicted molar refractivity (Wildman–Crippen MR) is 123 cm³/mol. The van der Waals surface area contributed by atoms with E-state index in [2.05, 4.69) is 105 Å². The monoisotopic (exact) mass is 381 g/mol. The highest BCUT2D eigenvalue weighted by atomic mass is 16.3. The first-order valence-electron chi connectivity index (χ1n) is 10.5. The molecule has 2 heteroatoms. The zero-order valence-corrected chi connectivity index (χ0v) is 19.5. The number of benzene rings is 2. The van der Waals surface area contributed by atoms with Gasteiger partial charge in [0, 0.05) is 11.3 Å². The van der Waals surface area contributed by atoms with Crippen LogP contribution in [0.5, 0.6) is 5.75 Å². The minimum Gasteiger partial charge on any atom is -0.505 e. The van der Waals surface area contributed by atoms with Crippen LogP contribution in [0.25, 0.3) is 0 Å². The third-order valence-corrected chi connectivity index (χ3v) is 5.42. The van der Waals surface area contributed by atoms with E-state index >= 15 is 0 Å². The number of rotatable bonds is 4. The lowest BCUT2D eigenvalue weighted by Gasteiger charge is -2.29. The van der Waals surface area contributed by atoms with E-state index in [1.165, 1.54) is 16.7 Å². The van der Waals surface area contributed by atoms with Crippen molar-refractivity contribution in [3.05, 3.63) is 52.6 Å². The Morgan fingerprint density at radius 3 is 1.68 bits per heavy atom. The van der Waals surface area contributed by atoms with Crippen LogP contribution in [0.1, 0.15) is 103 Å². The minimum absolute atomic E-state index is 0.00255. The van der Waals surface area contributed by atoms with Gasteiger partial charge in [-0.25, -0.2) is 0 Å². The van der Waals surface area contributed by atoms with Gasteiger partial charge in [0.05, 0.1) is 5.69 Å². The van der Waals surface area contributed by atoms with Gasteiger partial charge in [0.2, 0.25) is 0 Å². The van der Waals surface area contributed by atoms with Crippen LogP contribution in [0.3, 0.4) is 0 Å². The molecule has 0 spiro atoms. The minimum atomic E-state index is -0.139. The molecule has 0 aliphatic carbocycles. The molecule has 0 fully saturated rings. The predicted octanol–water partition coefficient (Wildman–Crippen LogP) is 7.98. The molecule has 0 aliphatic heterocycles. The van der Waals surface area contributed by atoms with Crippen molar-refractivity contribution in [1.82, 2.24) is 0 Å². The molecule has 0 radical (unpaired) electrons. The van der Waals surface area contributed by atoms with Gasteiger partial charge in [-0.3, -0.25) is 0 Å². The maximum atomic E-state index is 11.2. The number of para-hydroxylation sites is 1. The fourth-order valence-corrected chi connectivity index (χ4v) is 3.56. The number of hydrogen-bond acceptors (Lipinski definition) is 2. The first kappa shape index (κ1) is 22.3. The Kier molecular flexibility index (Phi) is 6.23. The van der Waals surface area contributed by atoms with Crippen molar-refractivity contribution in [2.75, 3.05) is 5.32 Å². The Balaban J connectivity index is 2.74. The van der Waals surface area contributed by atoms with E-state index in [0.29, 0.717) is 17.6 Å². The first-order chi connectivity index (χ1) is 12.7. The zero-order chi connectivity index (χ0) is 21.4. The van der Waals surface area contributed by atoms with E-state index in [9.17, 15) is 5.11 Å². The van der Waals surface area contributed by atoms with E-state index in [0.717, 1.165) is 16.9 Å². The number of nitrogens with one attached hydrogen (secondary N) is 1. The van der Waals surface area contributed by atoms with Gasteiger partial charge in [-0.1, -0.05) is 93.5 Å². The van der Waals surface area contributed by atoms with Gasteiger partial charge in [-0.05, 0) is 45.4 Å². The van der Waals surface area contributed by atoms with Gasteiger partial charge in [0.15, 0.2) is 0 Å². The van der Waals surface area contributed by atoms with Crippen molar-refractivity contribution in [3.8, 4) is 5.75 Å². The molecule has 2 aromatic rings. The third-order valence-electron chi connectivity index (χ3n) is 5.42. The molecule has 154 valence electrons. The Morgan fingerprint density at radius 2 is 1.29 bits per heavy atom. The summed E-state index contributed by atoms with van der Waals surface area (Å²) < 4.78 is 0. The van der Waals surface area contributed by atoms with Crippen LogP contribution >= 0.6 is 0 Å². The summed E-state index contributed by atoms with van der Waals surface area (Å²) in [6, 6.07) is 10.8.